The predicted molar refractivity (Wildman–Crippen MR) is 20.2 cm³/mol. The monoisotopic (exact) mass is 312 g/mol. The van der Waals surface area contributed by atoms with Crippen molar-refractivity contribution < 1.29 is 34.3 Å². The summed E-state index contributed by atoms with van der Waals surface area (Å²) in [6, 6.07) is 0. The zero-order valence-corrected chi connectivity index (χ0v) is 8.20. The molecular formula is H8ClO4Tl. The minimum Gasteiger partial charge on any atom is -1.00 e. The van der Waals surface area contributed by atoms with E-state index >= 15 is 0 Å². The van der Waals surface area contributed by atoms with Crippen LogP contribution in [-0.4, -0.2) is 49.2 Å². The van der Waals surface area contributed by atoms with Crippen LogP contribution in [0.25, 0.3) is 0 Å². The van der Waals surface area contributed by atoms with E-state index in [-0.39, 0.29) is 61.6 Å². The van der Waals surface area contributed by atoms with Gasteiger partial charge in [-0.25, -0.2) is 0 Å². The molecule has 0 bridgehead atoms. The first-order valence-corrected chi connectivity index (χ1v) is 0. The first-order valence-electron chi connectivity index (χ1n) is 0. The van der Waals surface area contributed by atoms with Crippen LogP contribution in [0.3, 0.4) is 0 Å². The van der Waals surface area contributed by atoms with Crippen LogP contribution in [0.15, 0.2) is 0 Å². The van der Waals surface area contributed by atoms with E-state index in [1.165, 1.54) is 0 Å². The van der Waals surface area contributed by atoms with Gasteiger partial charge in [0.1, 0.15) is 0 Å². The molecule has 0 fully saturated rings. The van der Waals surface area contributed by atoms with Crippen LogP contribution in [0.5, 0.6) is 0 Å². The minimum absolute atomic E-state index is 0. The van der Waals surface area contributed by atoms with Gasteiger partial charge in [-0.1, -0.05) is 0 Å². The molecule has 0 amide bonds. The number of halogens is 1. The Labute approximate surface area is 61.7 Å². The Balaban J connectivity index is 0. The second kappa shape index (κ2) is 140. The molecule has 0 rings (SSSR count). The summed E-state index contributed by atoms with van der Waals surface area (Å²) in [7, 11) is 0. The molecule has 0 aliphatic heterocycles. The molecule has 6 heteroatoms. The molecule has 0 aliphatic carbocycles. The van der Waals surface area contributed by atoms with Crippen molar-refractivity contribution in [1.82, 2.24) is 0 Å². The molecule has 0 aromatic heterocycles. The maximum atomic E-state index is 0. The van der Waals surface area contributed by atoms with E-state index in [2.05, 4.69) is 0 Å². The van der Waals surface area contributed by atoms with Gasteiger partial charge in [0.15, 0.2) is 0 Å². The van der Waals surface area contributed by atoms with Crippen molar-refractivity contribution in [2.24, 2.45) is 0 Å². The summed E-state index contributed by atoms with van der Waals surface area (Å²) >= 11 is 0. The maximum Gasteiger partial charge on any atom is 1.00 e. The van der Waals surface area contributed by atoms with Crippen molar-refractivity contribution in [2.45, 2.75) is 0 Å². The molecule has 0 heterocycles. The van der Waals surface area contributed by atoms with Crippen molar-refractivity contribution in [3.05, 3.63) is 0 Å². The fourth-order valence-electron chi connectivity index (χ4n) is 0. The molecule has 0 unspecified atom stereocenters. The van der Waals surface area contributed by atoms with Crippen molar-refractivity contribution in [1.29, 1.82) is 0 Å². The standard InChI is InChI=1S/ClH.4H2O.Tl/h1H;4*1H2;/q;;;;;+1/p-1. The van der Waals surface area contributed by atoms with Gasteiger partial charge in [0.25, 0.3) is 0 Å². The average Bonchev–Trinajstić information content (AvgIpc) is 0. The van der Waals surface area contributed by atoms with Crippen molar-refractivity contribution in [3.63, 3.8) is 0 Å². The van der Waals surface area contributed by atoms with Crippen LogP contribution in [-0.2, 0) is 0 Å². The van der Waals surface area contributed by atoms with Crippen molar-refractivity contribution in [2.75, 3.05) is 0 Å². The van der Waals surface area contributed by atoms with E-state index < -0.39 is 0 Å². The van der Waals surface area contributed by atoms with Gasteiger partial charge in [0, 0.05) is 0 Å². The molecule has 0 saturated heterocycles. The van der Waals surface area contributed by atoms with E-state index in [9.17, 15) is 0 Å². The third-order valence-corrected chi connectivity index (χ3v) is 0. The number of hydrogen-bond acceptors (Lipinski definition) is 0. The summed E-state index contributed by atoms with van der Waals surface area (Å²) in [5.41, 5.74) is 0. The van der Waals surface area contributed by atoms with Gasteiger partial charge in [-0.05, 0) is 0 Å². The third-order valence-electron chi connectivity index (χ3n) is 0. The van der Waals surface area contributed by atoms with Crippen LogP contribution in [0, 0.1) is 0 Å². The topological polar surface area (TPSA) is 126 Å². The maximum absolute atomic E-state index is 0. The molecule has 0 aromatic rings. The molecule has 4 nitrogen and oxygen atoms in total. The molecular weight excluding hydrogens is 304 g/mol. The molecule has 0 saturated carbocycles. The smallest absolute Gasteiger partial charge is 1.00 e. The van der Waals surface area contributed by atoms with E-state index in [1.807, 2.05) is 0 Å². The summed E-state index contributed by atoms with van der Waals surface area (Å²) in [6.07, 6.45) is 0. The summed E-state index contributed by atoms with van der Waals surface area (Å²) in [6.45, 7) is 0. The summed E-state index contributed by atoms with van der Waals surface area (Å²) in [5, 5.41) is 0. The number of rotatable bonds is 0. The van der Waals surface area contributed by atoms with Crippen LogP contribution in [0.2, 0.25) is 0 Å². The summed E-state index contributed by atoms with van der Waals surface area (Å²) in [5.74, 6) is 0. The van der Waals surface area contributed by atoms with E-state index in [0.29, 0.717) is 0 Å². The van der Waals surface area contributed by atoms with E-state index in [4.69, 9.17) is 0 Å². The second-order valence-electron chi connectivity index (χ2n) is 0. The van der Waals surface area contributed by atoms with Gasteiger partial charge in [-0.15, -0.1) is 0 Å². The largest absolute Gasteiger partial charge is 1.00 e. The van der Waals surface area contributed by atoms with E-state index in [1.54, 1.807) is 0 Å². The van der Waals surface area contributed by atoms with Gasteiger partial charge in [0.2, 0.25) is 0 Å². The first-order chi connectivity index (χ1) is 0. The van der Waals surface area contributed by atoms with Crippen LogP contribution < -0.4 is 12.4 Å². The SMILES string of the molecule is O.O.O.O.[Cl-].[Tl+]. The van der Waals surface area contributed by atoms with Gasteiger partial charge < -0.3 is 34.3 Å². The first kappa shape index (κ1) is 233. The molecule has 0 spiro atoms. The third kappa shape index (κ3) is 74.9. The van der Waals surface area contributed by atoms with Gasteiger partial charge in [-0.2, -0.15) is 0 Å². The van der Waals surface area contributed by atoms with Gasteiger partial charge in [-0.3, -0.25) is 0 Å². The van der Waals surface area contributed by atoms with Crippen molar-refractivity contribution >= 4 is 27.3 Å². The normalized spacial score (nSPS) is 0. The fourth-order valence-corrected chi connectivity index (χ4v) is 0. The van der Waals surface area contributed by atoms with Crippen molar-refractivity contribution in [3.8, 4) is 0 Å². The second-order valence-corrected chi connectivity index (χ2v) is 0. The van der Waals surface area contributed by atoms with Gasteiger partial charge >= 0.3 is 27.3 Å². The van der Waals surface area contributed by atoms with E-state index in [0.717, 1.165) is 0 Å². The molecule has 0 aliphatic rings. The molecule has 0 radical (unpaired) electrons. The van der Waals surface area contributed by atoms with Crippen LogP contribution in [0.4, 0.5) is 0 Å². The van der Waals surface area contributed by atoms with Crippen LogP contribution >= 0.6 is 0 Å². The molecule has 42 valence electrons. The summed E-state index contributed by atoms with van der Waals surface area (Å²) in [4.78, 5) is 0. The Kier molecular flexibility index (Phi) is 5430. The Bertz CT molecular complexity index is 7.51. The Hall–Kier alpha value is 1.05. The zero-order chi connectivity index (χ0) is 0. The Morgan fingerprint density at radius 2 is 0.500 bits per heavy atom. The zero-order valence-electron chi connectivity index (χ0n) is 2.96. The molecule has 8 N–H and O–H groups in total. The summed E-state index contributed by atoms with van der Waals surface area (Å²) < 4.78 is 0. The Morgan fingerprint density at radius 1 is 0.500 bits per heavy atom. The number of hydrogen-bond donors (Lipinski definition) is 0. The van der Waals surface area contributed by atoms with Gasteiger partial charge in [0.05, 0.1) is 0 Å². The van der Waals surface area contributed by atoms with Crippen LogP contribution in [0.1, 0.15) is 0 Å². The average molecular weight is 312 g/mol. The predicted octanol–water partition coefficient (Wildman–Crippen LogP) is -6.68. The molecule has 6 heavy (non-hydrogen) atoms. The quantitative estimate of drug-likeness (QED) is 0.394. The molecule has 0 atom stereocenters. The molecule has 0 aromatic carbocycles. The Morgan fingerprint density at radius 3 is 0.500 bits per heavy atom. The fraction of sp³-hybridized carbons (Fsp3) is 0. The minimum atomic E-state index is 0.